The number of hydrogen-bond donors (Lipinski definition) is 0. The second-order valence-corrected chi connectivity index (χ2v) is 7.68. The molecule has 0 N–H and O–H groups in total. The van der Waals surface area contributed by atoms with Gasteiger partial charge in [0.05, 0.1) is 13.2 Å². The normalized spacial score (nSPS) is 18.7. The molecular weight excluding hydrogens is 336 g/mol. The lowest BCUT2D eigenvalue weighted by molar-refractivity contribution is 0.203. The van der Waals surface area contributed by atoms with Crippen molar-refractivity contribution >= 4 is 0 Å². The number of likely N-dealkylation sites (tertiary alicyclic amines) is 2. The van der Waals surface area contributed by atoms with Gasteiger partial charge in [-0.1, -0.05) is 20.3 Å². The van der Waals surface area contributed by atoms with Crippen LogP contribution in [-0.4, -0.2) is 62.3 Å². The highest BCUT2D eigenvalue weighted by Gasteiger charge is 2.10. The van der Waals surface area contributed by atoms with Gasteiger partial charge in [0.25, 0.3) is 0 Å². The van der Waals surface area contributed by atoms with E-state index in [-0.39, 0.29) is 7.43 Å². The summed E-state index contributed by atoms with van der Waals surface area (Å²) in [4.78, 5) is 5.13. The van der Waals surface area contributed by atoms with E-state index in [9.17, 15) is 0 Å². The summed E-state index contributed by atoms with van der Waals surface area (Å²) in [6, 6.07) is 8.11. The van der Waals surface area contributed by atoms with E-state index < -0.39 is 0 Å². The molecule has 0 radical (unpaired) electrons. The minimum Gasteiger partial charge on any atom is -0.494 e. The number of benzene rings is 1. The summed E-state index contributed by atoms with van der Waals surface area (Å²) in [5.74, 6) is 1.90. The molecule has 0 amide bonds. The Morgan fingerprint density at radius 2 is 0.963 bits per heavy atom. The third-order valence-electron chi connectivity index (χ3n) is 5.50. The van der Waals surface area contributed by atoms with Crippen LogP contribution in [0.1, 0.15) is 58.8 Å². The molecule has 2 saturated heterocycles. The standard InChI is InChI=1S/C22H36N2O2.CH4/c1-3-13-23(14-4-1)17-7-19-25-21-9-11-22(12-10-21)26-20-8-18-24-15-5-2-6-16-24;/h9-12H,1-8,13-20H2;1H4. The molecule has 154 valence electrons. The molecule has 0 aliphatic carbocycles. The van der Waals surface area contributed by atoms with E-state index in [0.29, 0.717) is 0 Å². The van der Waals surface area contributed by atoms with Gasteiger partial charge in [-0.2, -0.15) is 0 Å². The predicted octanol–water partition coefficient (Wildman–Crippen LogP) is 4.83. The number of ether oxygens (including phenoxy) is 2. The SMILES string of the molecule is C.c1cc(OCCCN2CCCCC2)ccc1OCCCN1CCCCC1. The molecule has 4 nitrogen and oxygen atoms in total. The summed E-state index contributed by atoms with van der Waals surface area (Å²) in [5.41, 5.74) is 0. The Morgan fingerprint density at radius 1 is 0.593 bits per heavy atom. The Labute approximate surface area is 166 Å². The average molecular weight is 377 g/mol. The van der Waals surface area contributed by atoms with Crippen molar-refractivity contribution < 1.29 is 9.47 Å². The molecule has 4 heteroatoms. The minimum absolute atomic E-state index is 0. The van der Waals surface area contributed by atoms with E-state index in [0.717, 1.165) is 50.6 Å². The van der Waals surface area contributed by atoms with Crippen LogP contribution in [0.5, 0.6) is 11.5 Å². The monoisotopic (exact) mass is 376 g/mol. The van der Waals surface area contributed by atoms with Crippen LogP contribution in [-0.2, 0) is 0 Å². The van der Waals surface area contributed by atoms with Crippen molar-refractivity contribution in [3.63, 3.8) is 0 Å². The molecule has 1 aromatic rings. The van der Waals surface area contributed by atoms with Crippen molar-refractivity contribution in [1.82, 2.24) is 9.80 Å². The molecular formula is C23H40N2O2. The molecule has 27 heavy (non-hydrogen) atoms. The molecule has 2 fully saturated rings. The van der Waals surface area contributed by atoms with E-state index in [2.05, 4.69) is 9.80 Å². The lowest BCUT2D eigenvalue weighted by Crippen LogP contribution is -2.31. The van der Waals surface area contributed by atoms with Crippen LogP contribution >= 0.6 is 0 Å². The van der Waals surface area contributed by atoms with Crippen LogP contribution in [0, 0.1) is 0 Å². The van der Waals surface area contributed by atoms with Crippen molar-refractivity contribution in [2.24, 2.45) is 0 Å². The number of hydrogen-bond acceptors (Lipinski definition) is 4. The Hall–Kier alpha value is -1.26. The topological polar surface area (TPSA) is 24.9 Å². The summed E-state index contributed by atoms with van der Waals surface area (Å²) in [5, 5.41) is 0. The van der Waals surface area contributed by atoms with E-state index in [4.69, 9.17) is 9.47 Å². The fourth-order valence-electron chi connectivity index (χ4n) is 3.95. The zero-order valence-electron chi connectivity index (χ0n) is 16.3. The molecule has 2 aliphatic heterocycles. The van der Waals surface area contributed by atoms with Gasteiger partial charge < -0.3 is 19.3 Å². The van der Waals surface area contributed by atoms with Gasteiger partial charge in [0.2, 0.25) is 0 Å². The summed E-state index contributed by atoms with van der Waals surface area (Å²) in [7, 11) is 0. The van der Waals surface area contributed by atoms with Crippen LogP contribution in [0.15, 0.2) is 24.3 Å². The van der Waals surface area contributed by atoms with Crippen LogP contribution in [0.2, 0.25) is 0 Å². The van der Waals surface area contributed by atoms with Crippen molar-refractivity contribution in [2.75, 3.05) is 52.5 Å². The zero-order valence-corrected chi connectivity index (χ0v) is 16.3. The van der Waals surface area contributed by atoms with E-state index >= 15 is 0 Å². The zero-order chi connectivity index (χ0) is 17.9. The van der Waals surface area contributed by atoms with Gasteiger partial charge in [-0.3, -0.25) is 0 Å². The Kier molecular flexibility index (Phi) is 10.6. The summed E-state index contributed by atoms with van der Waals surface area (Å²) in [6.07, 6.45) is 10.5. The maximum absolute atomic E-state index is 5.87. The first-order chi connectivity index (χ1) is 12.9. The van der Waals surface area contributed by atoms with Gasteiger partial charge in [-0.25, -0.2) is 0 Å². The molecule has 3 rings (SSSR count). The molecule has 1 aromatic carbocycles. The first kappa shape index (κ1) is 22.0. The van der Waals surface area contributed by atoms with Gasteiger partial charge in [0.1, 0.15) is 11.5 Å². The lowest BCUT2D eigenvalue weighted by atomic mass is 10.1. The smallest absolute Gasteiger partial charge is 0.119 e. The first-order valence-electron chi connectivity index (χ1n) is 10.7. The van der Waals surface area contributed by atoms with Crippen molar-refractivity contribution in [2.45, 2.75) is 58.8 Å². The van der Waals surface area contributed by atoms with Gasteiger partial charge in [0.15, 0.2) is 0 Å². The van der Waals surface area contributed by atoms with Gasteiger partial charge >= 0.3 is 0 Å². The fraction of sp³-hybridized carbons (Fsp3) is 0.739. The molecule has 0 unspecified atom stereocenters. The number of nitrogens with zero attached hydrogens (tertiary/aromatic N) is 2. The third kappa shape index (κ3) is 8.52. The van der Waals surface area contributed by atoms with Gasteiger partial charge in [0, 0.05) is 13.1 Å². The fourth-order valence-corrected chi connectivity index (χ4v) is 3.95. The molecule has 0 bridgehead atoms. The highest BCUT2D eigenvalue weighted by molar-refractivity contribution is 5.31. The Balaban J connectivity index is 0.00000261. The van der Waals surface area contributed by atoms with E-state index in [1.54, 1.807) is 0 Å². The second kappa shape index (κ2) is 13.0. The van der Waals surface area contributed by atoms with Gasteiger partial charge in [-0.15, -0.1) is 0 Å². The quantitative estimate of drug-likeness (QED) is 0.546. The van der Waals surface area contributed by atoms with Crippen LogP contribution in [0.25, 0.3) is 0 Å². The van der Waals surface area contributed by atoms with E-state index in [1.807, 2.05) is 24.3 Å². The highest BCUT2D eigenvalue weighted by atomic mass is 16.5. The van der Waals surface area contributed by atoms with Crippen molar-refractivity contribution in [3.05, 3.63) is 24.3 Å². The summed E-state index contributed by atoms with van der Waals surface area (Å²) in [6.45, 7) is 9.00. The molecule has 0 saturated carbocycles. The summed E-state index contributed by atoms with van der Waals surface area (Å²) >= 11 is 0. The maximum atomic E-state index is 5.87. The molecule has 2 aliphatic rings. The summed E-state index contributed by atoms with van der Waals surface area (Å²) < 4.78 is 11.7. The first-order valence-corrected chi connectivity index (χ1v) is 10.7. The molecule has 2 heterocycles. The second-order valence-electron chi connectivity index (χ2n) is 7.68. The predicted molar refractivity (Wildman–Crippen MR) is 114 cm³/mol. The number of piperidine rings is 2. The van der Waals surface area contributed by atoms with E-state index in [1.165, 1.54) is 64.7 Å². The minimum atomic E-state index is 0. The van der Waals surface area contributed by atoms with Crippen molar-refractivity contribution in [3.8, 4) is 11.5 Å². The molecule has 0 aromatic heterocycles. The number of rotatable bonds is 10. The van der Waals surface area contributed by atoms with Crippen LogP contribution in [0.3, 0.4) is 0 Å². The molecule has 0 atom stereocenters. The largest absolute Gasteiger partial charge is 0.494 e. The van der Waals surface area contributed by atoms with Crippen LogP contribution < -0.4 is 9.47 Å². The Bertz CT molecular complexity index is 435. The molecule has 0 spiro atoms. The maximum Gasteiger partial charge on any atom is 0.119 e. The Morgan fingerprint density at radius 3 is 1.33 bits per heavy atom. The van der Waals surface area contributed by atoms with Crippen LogP contribution in [0.4, 0.5) is 0 Å². The van der Waals surface area contributed by atoms with Crippen molar-refractivity contribution in [1.29, 1.82) is 0 Å². The average Bonchev–Trinajstić information content (AvgIpc) is 2.71. The lowest BCUT2D eigenvalue weighted by Gasteiger charge is -2.26. The van der Waals surface area contributed by atoms with Gasteiger partial charge in [-0.05, 0) is 89.0 Å². The third-order valence-corrected chi connectivity index (χ3v) is 5.50. The highest BCUT2D eigenvalue weighted by Crippen LogP contribution is 2.18.